The molecule has 0 bridgehead atoms. The van der Waals surface area contributed by atoms with Crippen molar-refractivity contribution in [3.63, 3.8) is 0 Å². The number of hydrogen-bond donors (Lipinski definition) is 0. The zero-order chi connectivity index (χ0) is 30.5. The van der Waals surface area contributed by atoms with Crippen molar-refractivity contribution in [2.75, 3.05) is 4.90 Å². The summed E-state index contributed by atoms with van der Waals surface area (Å²) in [5.41, 5.74) is 8.47. The van der Waals surface area contributed by atoms with E-state index in [1.54, 1.807) is 0 Å². The van der Waals surface area contributed by atoms with E-state index in [4.69, 9.17) is 9.40 Å². The molecule has 9 aromatic rings. The van der Waals surface area contributed by atoms with Crippen LogP contribution in [-0.4, -0.2) is 4.98 Å². The maximum atomic E-state index is 6.29. The molecule has 0 N–H and O–H groups in total. The summed E-state index contributed by atoms with van der Waals surface area (Å²) in [5.74, 6) is 0.827. The molecule has 46 heavy (non-hydrogen) atoms. The van der Waals surface area contributed by atoms with E-state index < -0.39 is 0 Å². The molecule has 3 heteroatoms. The van der Waals surface area contributed by atoms with Gasteiger partial charge in [0.05, 0.1) is 6.20 Å². The Bertz CT molecular complexity index is 2510. The molecule has 0 aliphatic rings. The van der Waals surface area contributed by atoms with Crippen molar-refractivity contribution in [2.24, 2.45) is 0 Å². The number of benzene rings is 7. The second-order valence-electron chi connectivity index (χ2n) is 11.6. The molecule has 0 aliphatic carbocycles. The van der Waals surface area contributed by atoms with Gasteiger partial charge in [0, 0.05) is 22.1 Å². The molecule has 0 radical (unpaired) electrons. The molecule has 2 heterocycles. The fraction of sp³-hybridized carbons (Fsp3) is 0. The van der Waals surface area contributed by atoms with E-state index in [1.807, 2.05) is 12.3 Å². The predicted molar refractivity (Wildman–Crippen MR) is 192 cm³/mol. The van der Waals surface area contributed by atoms with Crippen LogP contribution in [0.1, 0.15) is 0 Å². The fourth-order valence-electron chi connectivity index (χ4n) is 6.68. The van der Waals surface area contributed by atoms with E-state index in [-0.39, 0.29) is 0 Å². The highest BCUT2D eigenvalue weighted by molar-refractivity contribution is 6.19. The van der Waals surface area contributed by atoms with Gasteiger partial charge in [0.1, 0.15) is 11.4 Å². The van der Waals surface area contributed by atoms with Crippen LogP contribution < -0.4 is 4.90 Å². The molecule has 0 saturated heterocycles. The summed E-state index contributed by atoms with van der Waals surface area (Å²) in [4.78, 5) is 7.20. The first-order chi connectivity index (χ1) is 22.8. The fourth-order valence-corrected chi connectivity index (χ4v) is 6.68. The van der Waals surface area contributed by atoms with E-state index in [9.17, 15) is 0 Å². The Hall–Kier alpha value is -6.19. The number of pyridine rings is 1. The van der Waals surface area contributed by atoms with Gasteiger partial charge in [-0.05, 0) is 80.2 Å². The molecule has 0 fully saturated rings. The Morgan fingerprint density at radius 3 is 1.80 bits per heavy atom. The second-order valence-corrected chi connectivity index (χ2v) is 11.6. The van der Waals surface area contributed by atoms with Gasteiger partial charge in [0.25, 0.3) is 0 Å². The molecule has 9 rings (SSSR count). The van der Waals surface area contributed by atoms with Crippen molar-refractivity contribution in [3.8, 4) is 22.3 Å². The van der Waals surface area contributed by atoms with Crippen LogP contribution in [0.15, 0.2) is 174 Å². The van der Waals surface area contributed by atoms with Crippen molar-refractivity contribution in [2.45, 2.75) is 0 Å². The minimum Gasteiger partial charge on any atom is -0.454 e. The first-order valence-electron chi connectivity index (χ1n) is 15.5. The van der Waals surface area contributed by atoms with Crippen LogP contribution in [0.3, 0.4) is 0 Å². The Labute approximate surface area is 266 Å². The zero-order valence-electron chi connectivity index (χ0n) is 25.0. The van der Waals surface area contributed by atoms with Gasteiger partial charge in [-0.15, -0.1) is 0 Å². The van der Waals surface area contributed by atoms with Crippen LogP contribution in [-0.2, 0) is 0 Å². The average Bonchev–Trinajstić information content (AvgIpc) is 3.51. The minimum absolute atomic E-state index is 0.779. The lowest BCUT2D eigenvalue weighted by atomic mass is 9.98. The molecular formula is C43H28N2O. The van der Waals surface area contributed by atoms with Crippen LogP contribution in [0, 0.1) is 0 Å². The number of aromatic nitrogens is 1. The smallest absolute Gasteiger partial charge is 0.153 e. The Balaban J connectivity index is 1.20. The molecule has 0 aliphatic heterocycles. The third-order valence-electron chi connectivity index (χ3n) is 8.92. The van der Waals surface area contributed by atoms with E-state index in [2.05, 4.69) is 163 Å². The highest BCUT2D eigenvalue weighted by Gasteiger charge is 2.18. The topological polar surface area (TPSA) is 29.3 Å². The summed E-state index contributed by atoms with van der Waals surface area (Å²) in [6.07, 6.45) is 1.86. The summed E-state index contributed by atoms with van der Waals surface area (Å²) in [6, 6.07) is 57.9. The van der Waals surface area contributed by atoms with Crippen LogP contribution in [0.2, 0.25) is 0 Å². The number of furan rings is 1. The standard InChI is InChI=1S/C43H28N2O/c1-2-9-29(10-3-1)30-17-22-34(23-18-30)45(35-24-19-33(20-25-35)37-16-8-13-31-11-4-6-14-36(31)37)42-27-39-41(28-44-42)46-40-26-21-32-12-5-7-15-38(32)43(39)40/h1-28H. The van der Waals surface area contributed by atoms with Crippen LogP contribution in [0.5, 0.6) is 0 Å². The highest BCUT2D eigenvalue weighted by atomic mass is 16.3. The van der Waals surface area contributed by atoms with Gasteiger partial charge in [-0.2, -0.15) is 0 Å². The van der Waals surface area contributed by atoms with Crippen molar-refractivity contribution in [1.29, 1.82) is 0 Å². The first-order valence-corrected chi connectivity index (χ1v) is 15.5. The molecule has 0 spiro atoms. The quantitative estimate of drug-likeness (QED) is 0.200. The Morgan fingerprint density at radius 2 is 1.04 bits per heavy atom. The predicted octanol–water partition coefficient (Wildman–Crippen LogP) is 12.1. The lowest BCUT2D eigenvalue weighted by Gasteiger charge is -2.25. The maximum absolute atomic E-state index is 6.29. The summed E-state index contributed by atoms with van der Waals surface area (Å²) in [7, 11) is 0. The number of anilines is 3. The molecule has 0 atom stereocenters. The normalized spacial score (nSPS) is 11.5. The molecule has 0 amide bonds. The third kappa shape index (κ3) is 4.41. The van der Waals surface area contributed by atoms with Crippen LogP contribution in [0.25, 0.3) is 65.7 Å². The molecule has 0 unspecified atom stereocenters. The molecule has 0 saturated carbocycles. The minimum atomic E-state index is 0.779. The summed E-state index contributed by atoms with van der Waals surface area (Å²) in [6.45, 7) is 0. The van der Waals surface area contributed by atoms with Gasteiger partial charge >= 0.3 is 0 Å². The number of nitrogens with zero attached hydrogens (tertiary/aromatic N) is 2. The monoisotopic (exact) mass is 588 g/mol. The number of hydrogen-bond acceptors (Lipinski definition) is 3. The molecule has 2 aromatic heterocycles. The summed E-state index contributed by atoms with van der Waals surface area (Å²) >= 11 is 0. The van der Waals surface area contributed by atoms with Crippen molar-refractivity contribution in [3.05, 3.63) is 170 Å². The van der Waals surface area contributed by atoms with Gasteiger partial charge in [0.2, 0.25) is 0 Å². The van der Waals surface area contributed by atoms with Gasteiger partial charge in [-0.25, -0.2) is 4.98 Å². The third-order valence-corrected chi connectivity index (χ3v) is 8.92. The Kier molecular flexibility index (Phi) is 6.14. The lowest BCUT2D eigenvalue weighted by Crippen LogP contribution is -2.11. The highest BCUT2D eigenvalue weighted by Crippen LogP contribution is 2.40. The molecule has 7 aromatic carbocycles. The SMILES string of the molecule is c1ccc(-c2ccc(N(c3ccc(-c4cccc5ccccc45)cc3)c3cc4c(cn3)oc3ccc5ccccc5c34)cc2)cc1. The summed E-state index contributed by atoms with van der Waals surface area (Å²) < 4.78 is 6.29. The molecular weight excluding hydrogens is 560 g/mol. The number of rotatable bonds is 5. The van der Waals surface area contributed by atoms with E-state index in [1.165, 1.54) is 43.8 Å². The van der Waals surface area contributed by atoms with E-state index in [0.717, 1.165) is 39.1 Å². The second kappa shape index (κ2) is 10.8. The number of fused-ring (bicyclic) bond motifs is 6. The van der Waals surface area contributed by atoms with Crippen molar-refractivity contribution < 1.29 is 4.42 Å². The largest absolute Gasteiger partial charge is 0.454 e. The molecule has 216 valence electrons. The first kappa shape index (κ1) is 26.2. The van der Waals surface area contributed by atoms with Gasteiger partial charge < -0.3 is 4.42 Å². The van der Waals surface area contributed by atoms with Gasteiger partial charge in [-0.1, -0.05) is 127 Å². The Morgan fingerprint density at radius 1 is 0.435 bits per heavy atom. The van der Waals surface area contributed by atoms with E-state index >= 15 is 0 Å². The van der Waals surface area contributed by atoms with E-state index in [0.29, 0.717) is 0 Å². The average molecular weight is 589 g/mol. The van der Waals surface area contributed by atoms with Crippen molar-refractivity contribution >= 4 is 60.7 Å². The van der Waals surface area contributed by atoms with Gasteiger partial charge in [-0.3, -0.25) is 4.90 Å². The van der Waals surface area contributed by atoms with Crippen LogP contribution in [0.4, 0.5) is 17.2 Å². The van der Waals surface area contributed by atoms with Crippen molar-refractivity contribution in [1.82, 2.24) is 4.98 Å². The zero-order valence-corrected chi connectivity index (χ0v) is 25.0. The van der Waals surface area contributed by atoms with Gasteiger partial charge in [0.15, 0.2) is 5.58 Å². The summed E-state index contributed by atoms with van der Waals surface area (Å²) in [5, 5.41) is 7.01. The maximum Gasteiger partial charge on any atom is 0.153 e. The van der Waals surface area contributed by atoms with Crippen LogP contribution >= 0.6 is 0 Å². The molecule has 3 nitrogen and oxygen atoms in total. The lowest BCUT2D eigenvalue weighted by molar-refractivity contribution is 0.667.